The Morgan fingerprint density at radius 2 is 1.11 bits per heavy atom. The van der Waals surface area contributed by atoms with Gasteiger partial charge in [-0.25, -0.2) is 9.59 Å². The van der Waals surface area contributed by atoms with Gasteiger partial charge >= 0.3 is 11.9 Å². The van der Waals surface area contributed by atoms with Crippen molar-refractivity contribution in [1.82, 2.24) is 10.6 Å². The van der Waals surface area contributed by atoms with Crippen molar-refractivity contribution in [1.29, 1.82) is 0 Å². The first-order valence-electron chi connectivity index (χ1n) is 13.5. The highest BCUT2D eigenvalue weighted by molar-refractivity contribution is 6.07. The van der Waals surface area contributed by atoms with Crippen molar-refractivity contribution in [2.75, 3.05) is 26.4 Å². The van der Waals surface area contributed by atoms with Gasteiger partial charge in [-0.05, 0) is 25.7 Å². The Morgan fingerprint density at radius 1 is 0.694 bits per heavy atom. The highest BCUT2D eigenvalue weighted by Gasteiger charge is 2.48. The number of aliphatic hydroxyl groups is 2. The number of rotatable bonds is 18. The molecule has 0 radical (unpaired) electrons. The summed E-state index contributed by atoms with van der Waals surface area (Å²) in [7, 11) is 0. The van der Waals surface area contributed by atoms with Gasteiger partial charge in [0.2, 0.25) is 11.8 Å². The summed E-state index contributed by atoms with van der Waals surface area (Å²) in [6, 6.07) is -2.59. The molecule has 0 aromatic rings. The zero-order chi connectivity index (χ0) is 26.8. The zero-order valence-corrected chi connectivity index (χ0v) is 22.0. The largest absolute Gasteiger partial charge is 0.464 e. The van der Waals surface area contributed by atoms with E-state index < -0.39 is 54.5 Å². The van der Waals surface area contributed by atoms with Gasteiger partial charge in [-0.1, -0.05) is 71.6 Å². The molecule has 0 unspecified atom stereocenters. The fourth-order valence-corrected chi connectivity index (χ4v) is 4.27. The third-order valence-corrected chi connectivity index (χ3v) is 6.61. The molecule has 2 amide bonds. The maximum absolute atomic E-state index is 13.3. The van der Waals surface area contributed by atoms with E-state index in [0.29, 0.717) is 25.7 Å². The van der Waals surface area contributed by atoms with Gasteiger partial charge in [-0.2, -0.15) is 0 Å². The van der Waals surface area contributed by atoms with Crippen LogP contribution in [0.25, 0.3) is 0 Å². The van der Waals surface area contributed by atoms with E-state index in [1.165, 1.54) is 0 Å². The predicted molar refractivity (Wildman–Crippen MR) is 134 cm³/mol. The second kappa shape index (κ2) is 18.1. The molecule has 0 spiro atoms. The molecule has 0 aromatic heterocycles. The van der Waals surface area contributed by atoms with Gasteiger partial charge in [0.05, 0.1) is 26.4 Å². The van der Waals surface area contributed by atoms with Gasteiger partial charge in [-0.15, -0.1) is 0 Å². The van der Waals surface area contributed by atoms with Crippen LogP contribution in [0.1, 0.15) is 97.3 Å². The van der Waals surface area contributed by atoms with E-state index in [2.05, 4.69) is 24.5 Å². The summed E-state index contributed by atoms with van der Waals surface area (Å²) in [6.07, 6.45) is 9.84. The molecule has 0 heterocycles. The molecule has 208 valence electrons. The lowest BCUT2D eigenvalue weighted by Crippen LogP contribution is -2.59. The highest BCUT2D eigenvalue weighted by atomic mass is 16.5. The molecule has 36 heavy (non-hydrogen) atoms. The van der Waals surface area contributed by atoms with Gasteiger partial charge < -0.3 is 30.3 Å². The van der Waals surface area contributed by atoms with Crippen LogP contribution in [0.5, 0.6) is 0 Å². The summed E-state index contributed by atoms with van der Waals surface area (Å²) >= 11 is 0. The quantitative estimate of drug-likeness (QED) is 0.123. The number of esters is 2. The molecule has 0 saturated heterocycles. The molecule has 0 aliphatic heterocycles. The molecule has 1 aliphatic rings. The van der Waals surface area contributed by atoms with Crippen LogP contribution in [0.15, 0.2) is 0 Å². The summed E-state index contributed by atoms with van der Waals surface area (Å²) < 4.78 is 10.4. The first-order chi connectivity index (χ1) is 17.4. The number of hydrogen-bond acceptors (Lipinski definition) is 8. The van der Waals surface area contributed by atoms with Crippen LogP contribution in [-0.4, -0.2) is 72.5 Å². The minimum Gasteiger partial charge on any atom is -0.464 e. The molecule has 10 heteroatoms. The Hall–Kier alpha value is -2.20. The second-order valence-electron chi connectivity index (χ2n) is 9.52. The third-order valence-electron chi connectivity index (χ3n) is 6.61. The molecule has 1 fully saturated rings. The number of nitrogens with one attached hydrogen (secondary N) is 2. The maximum atomic E-state index is 13.3. The Bertz CT molecular complexity index is 629. The van der Waals surface area contributed by atoms with Gasteiger partial charge in [-0.3, -0.25) is 9.59 Å². The third kappa shape index (κ3) is 10.4. The molecular formula is C26H46N2O8. The van der Waals surface area contributed by atoms with Crippen molar-refractivity contribution in [3.63, 3.8) is 0 Å². The summed E-state index contributed by atoms with van der Waals surface area (Å²) in [5.41, 5.74) is -1.53. The predicted octanol–water partition coefficient (Wildman–Crippen LogP) is 2.14. The van der Waals surface area contributed by atoms with E-state index in [0.717, 1.165) is 44.9 Å². The maximum Gasteiger partial charge on any atom is 0.331 e. The number of carbonyl (C=O) groups excluding carboxylic acids is 4. The van der Waals surface area contributed by atoms with Gasteiger partial charge in [0.25, 0.3) is 0 Å². The van der Waals surface area contributed by atoms with Crippen molar-refractivity contribution in [2.24, 2.45) is 5.41 Å². The molecule has 2 atom stereocenters. The Morgan fingerprint density at radius 3 is 1.47 bits per heavy atom. The summed E-state index contributed by atoms with van der Waals surface area (Å²) in [5, 5.41) is 24.3. The van der Waals surface area contributed by atoms with Crippen LogP contribution in [0, 0.1) is 5.41 Å². The molecule has 0 aromatic carbocycles. The highest BCUT2D eigenvalue weighted by Crippen LogP contribution is 2.37. The molecule has 0 bridgehead atoms. The molecule has 1 saturated carbocycles. The smallest absolute Gasteiger partial charge is 0.331 e. The lowest BCUT2D eigenvalue weighted by molar-refractivity contribution is -0.156. The summed E-state index contributed by atoms with van der Waals surface area (Å²) in [6.45, 7) is 3.19. The van der Waals surface area contributed by atoms with Crippen LogP contribution >= 0.6 is 0 Å². The number of hydrogen-bond donors (Lipinski definition) is 4. The molecule has 10 nitrogen and oxygen atoms in total. The van der Waals surface area contributed by atoms with Gasteiger partial charge in [0.1, 0.15) is 5.41 Å². The fraction of sp³-hybridized carbons (Fsp3) is 0.846. The second-order valence-corrected chi connectivity index (χ2v) is 9.52. The number of carbonyl (C=O) groups is 4. The summed E-state index contributed by atoms with van der Waals surface area (Å²) in [4.78, 5) is 51.4. The number of amides is 2. The lowest BCUT2D eigenvalue weighted by Gasteiger charge is -2.36. The van der Waals surface area contributed by atoms with Crippen LogP contribution in [0.3, 0.4) is 0 Å². The minimum atomic E-state index is -1.53. The summed E-state index contributed by atoms with van der Waals surface area (Å²) in [5.74, 6) is -2.92. The fourth-order valence-electron chi connectivity index (χ4n) is 4.27. The Balaban J connectivity index is 2.79. The average molecular weight is 515 g/mol. The van der Waals surface area contributed by atoms with Crippen LogP contribution < -0.4 is 10.6 Å². The number of unbranched alkanes of at least 4 members (excludes halogenated alkanes) is 6. The molecular weight excluding hydrogens is 468 g/mol. The van der Waals surface area contributed by atoms with Crippen LogP contribution in [0.2, 0.25) is 0 Å². The monoisotopic (exact) mass is 514 g/mol. The molecule has 4 N–H and O–H groups in total. The average Bonchev–Trinajstić information content (AvgIpc) is 2.89. The molecule has 1 rings (SSSR count). The van der Waals surface area contributed by atoms with E-state index >= 15 is 0 Å². The molecule has 1 aliphatic carbocycles. The SMILES string of the molecule is CCCCCCOC(=O)[C@@H](CO)NC(=O)C1(C(=O)N[C@H](CO)C(=O)OCCCCCC)CCCCC1. The van der Waals surface area contributed by atoms with Crippen molar-refractivity contribution >= 4 is 23.8 Å². The Kier molecular flexibility index (Phi) is 16.0. The van der Waals surface area contributed by atoms with E-state index in [9.17, 15) is 29.4 Å². The van der Waals surface area contributed by atoms with E-state index in [1.54, 1.807) is 0 Å². The van der Waals surface area contributed by atoms with Crippen molar-refractivity contribution in [3.05, 3.63) is 0 Å². The topological polar surface area (TPSA) is 151 Å². The standard InChI is InChI=1S/C26H46N2O8/c1-3-5-7-12-16-35-22(31)20(18-29)27-24(33)26(14-10-9-11-15-26)25(34)28-21(19-30)23(32)36-17-13-8-6-4-2/h20-21,29-30H,3-19H2,1-2H3,(H,27,33)(H,28,34)/t20-,21-/m1/s1. The number of ether oxygens (including phenoxy) is 2. The Labute approximate surface area is 214 Å². The van der Waals surface area contributed by atoms with E-state index in [-0.39, 0.29) is 26.1 Å². The van der Waals surface area contributed by atoms with Gasteiger partial charge in [0.15, 0.2) is 12.1 Å². The zero-order valence-electron chi connectivity index (χ0n) is 22.0. The van der Waals surface area contributed by atoms with Gasteiger partial charge in [0, 0.05) is 0 Å². The normalized spacial score (nSPS) is 16.4. The van der Waals surface area contributed by atoms with Crippen LogP contribution in [0.4, 0.5) is 0 Å². The first-order valence-corrected chi connectivity index (χ1v) is 13.5. The van der Waals surface area contributed by atoms with Crippen LogP contribution in [-0.2, 0) is 28.7 Å². The van der Waals surface area contributed by atoms with Crippen molar-refractivity contribution in [2.45, 2.75) is 109 Å². The van der Waals surface area contributed by atoms with Crippen molar-refractivity contribution in [3.8, 4) is 0 Å². The van der Waals surface area contributed by atoms with Crippen molar-refractivity contribution < 1.29 is 38.9 Å². The van der Waals surface area contributed by atoms with E-state index in [4.69, 9.17) is 9.47 Å². The number of aliphatic hydroxyl groups excluding tert-OH is 2. The van der Waals surface area contributed by atoms with E-state index in [1.807, 2.05) is 0 Å². The lowest BCUT2D eigenvalue weighted by atomic mass is 9.72. The minimum absolute atomic E-state index is 0.190. The first kappa shape index (κ1) is 31.8.